The van der Waals surface area contributed by atoms with Gasteiger partial charge in [0.25, 0.3) is 5.91 Å². The molecule has 9 heteroatoms. The van der Waals surface area contributed by atoms with E-state index in [2.05, 4.69) is 16.0 Å². The highest BCUT2D eigenvalue weighted by atomic mass is 16.5. The predicted octanol–water partition coefficient (Wildman–Crippen LogP) is -0.0742. The van der Waals surface area contributed by atoms with E-state index in [0.717, 1.165) is 4.90 Å². The molecule has 1 aromatic rings. The number of urea groups is 2. The highest BCUT2D eigenvalue weighted by molar-refractivity contribution is 6.10. The van der Waals surface area contributed by atoms with Crippen LogP contribution in [0, 0.1) is 0 Å². The molecule has 9 nitrogen and oxygen atoms in total. The lowest BCUT2D eigenvalue weighted by atomic mass is 9.92. The van der Waals surface area contributed by atoms with Crippen LogP contribution in [0.1, 0.15) is 12.5 Å². The first-order valence-corrected chi connectivity index (χ1v) is 7.64. The minimum Gasteiger partial charge on any atom is -0.383 e. The van der Waals surface area contributed by atoms with E-state index < -0.39 is 36.0 Å². The largest absolute Gasteiger partial charge is 0.383 e. The van der Waals surface area contributed by atoms with Crippen LogP contribution < -0.4 is 16.0 Å². The number of carbonyl (C=O) groups excluding carboxylic acids is 4. The maximum atomic E-state index is 12.6. The van der Waals surface area contributed by atoms with E-state index in [1.165, 1.54) is 7.11 Å². The van der Waals surface area contributed by atoms with E-state index in [9.17, 15) is 19.2 Å². The van der Waals surface area contributed by atoms with Crippen LogP contribution in [-0.4, -0.2) is 55.6 Å². The average Bonchev–Trinajstić information content (AvgIpc) is 2.80. The summed E-state index contributed by atoms with van der Waals surface area (Å²) in [5.41, 5.74) is -0.645. The number of carbonyl (C=O) groups is 4. The first kappa shape index (κ1) is 18.4. The van der Waals surface area contributed by atoms with Crippen molar-refractivity contribution in [2.75, 3.05) is 26.8 Å². The second kappa shape index (κ2) is 7.75. The number of methoxy groups -OCH3 is 1. The van der Waals surface area contributed by atoms with Crippen molar-refractivity contribution in [3.63, 3.8) is 0 Å². The Balaban J connectivity index is 1.99. The molecule has 1 unspecified atom stereocenters. The Morgan fingerprint density at radius 1 is 1.24 bits per heavy atom. The molecule has 0 bridgehead atoms. The Labute approximate surface area is 144 Å². The molecular weight excluding hydrogens is 328 g/mol. The smallest absolute Gasteiger partial charge is 0.325 e. The van der Waals surface area contributed by atoms with Gasteiger partial charge < -0.3 is 15.4 Å². The van der Waals surface area contributed by atoms with Gasteiger partial charge in [0.1, 0.15) is 12.1 Å². The van der Waals surface area contributed by atoms with Crippen molar-refractivity contribution in [3.05, 3.63) is 35.9 Å². The molecule has 1 heterocycles. The lowest BCUT2D eigenvalue weighted by molar-refractivity contribution is -0.134. The second-order valence-electron chi connectivity index (χ2n) is 5.61. The maximum Gasteiger partial charge on any atom is 0.325 e. The van der Waals surface area contributed by atoms with Gasteiger partial charge in [0.05, 0.1) is 6.61 Å². The summed E-state index contributed by atoms with van der Waals surface area (Å²) in [6.07, 6.45) is 0. The predicted molar refractivity (Wildman–Crippen MR) is 87.5 cm³/mol. The van der Waals surface area contributed by atoms with E-state index in [0.29, 0.717) is 12.2 Å². The molecule has 0 aromatic heterocycles. The quantitative estimate of drug-likeness (QED) is 0.491. The van der Waals surface area contributed by atoms with Gasteiger partial charge in [0.15, 0.2) is 0 Å². The highest BCUT2D eigenvalue weighted by Crippen LogP contribution is 2.28. The van der Waals surface area contributed by atoms with Gasteiger partial charge in [-0.2, -0.15) is 0 Å². The third-order valence-corrected chi connectivity index (χ3v) is 3.77. The normalized spacial score (nSPS) is 19.5. The number of hydrogen-bond acceptors (Lipinski definition) is 5. The minimum atomic E-state index is -1.25. The van der Waals surface area contributed by atoms with Crippen LogP contribution in [0.2, 0.25) is 0 Å². The zero-order valence-electron chi connectivity index (χ0n) is 14.0. The first-order chi connectivity index (χ1) is 11.9. The van der Waals surface area contributed by atoms with Gasteiger partial charge in [-0.05, 0) is 12.5 Å². The fourth-order valence-electron chi connectivity index (χ4n) is 2.43. The maximum absolute atomic E-state index is 12.6. The van der Waals surface area contributed by atoms with Crippen molar-refractivity contribution >= 4 is 23.9 Å². The topological polar surface area (TPSA) is 117 Å². The molecule has 3 N–H and O–H groups in total. The summed E-state index contributed by atoms with van der Waals surface area (Å²) >= 11 is 0. The number of benzene rings is 1. The van der Waals surface area contributed by atoms with Gasteiger partial charge >= 0.3 is 12.1 Å². The van der Waals surface area contributed by atoms with E-state index >= 15 is 0 Å². The highest BCUT2D eigenvalue weighted by Gasteiger charge is 2.49. The van der Waals surface area contributed by atoms with Gasteiger partial charge in [0.2, 0.25) is 5.91 Å². The molecular formula is C16H20N4O5. The number of hydrogen-bond donors (Lipinski definition) is 3. The number of nitrogens with zero attached hydrogens (tertiary/aromatic N) is 1. The third-order valence-electron chi connectivity index (χ3n) is 3.77. The minimum absolute atomic E-state index is 0.227. The van der Waals surface area contributed by atoms with Crippen LogP contribution in [0.4, 0.5) is 9.59 Å². The molecule has 6 amide bonds. The lowest BCUT2D eigenvalue weighted by Gasteiger charge is -2.22. The van der Waals surface area contributed by atoms with Gasteiger partial charge in [-0.1, -0.05) is 30.3 Å². The molecule has 1 aliphatic heterocycles. The van der Waals surface area contributed by atoms with Crippen molar-refractivity contribution < 1.29 is 23.9 Å². The van der Waals surface area contributed by atoms with Crippen molar-refractivity contribution in [2.45, 2.75) is 12.5 Å². The summed E-state index contributed by atoms with van der Waals surface area (Å²) in [6.45, 7) is 1.54. The number of rotatable bonds is 6. The Bertz CT molecular complexity index is 678. The first-order valence-electron chi connectivity index (χ1n) is 7.64. The van der Waals surface area contributed by atoms with Crippen molar-refractivity contribution in [2.24, 2.45) is 0 Å². The van der Waals surface area contributed by atoms with Crippen LogP contribution >= 0.6 is 0 Å². The van der Waals surface area contributed by atoms with Crippen LogP contribution in [-0.2, 0) is 19.9 Å². The van der Waals surface area contributed by atoms with E-state index in [1.54, 1.807) is 37.3 Å². The van der Waals surface area contributed by atoms with Crippen molar-refractivity contribution in [1.82, 2.24) is 20.9 Å². The Morgan fingerprint density at radius 2 is 1.92 bits per heavy atom. The van der Waals surface area contributed by atoms with Crippen molar-refractivity contribution in [1.29, 1.82) is 0 Å². The molecule has 0 spiro atoms. The monoisotopic (exact) mass is 348 g/mol. The van der Waals surface area contributed by atoms with Crippen molar-refractivity contribution in [3.8, 4) is 0 Å². The van der Waals surface area contributed by atoms with Gasteiger partial charge in [-0.25, -0.2) is 9.59 Å². The van der Waals surface area contributed by atoms with E-state index in [4.69, 9.17) is 4.74 Å². The molecule has 1 aromatic carbocycles. The summed E-state index contributed by atoms with van der Waals surface area (Å²) in [5, 5.41) is 7.05. The molecule has 1 fully saturated rings. The van der Waals surface area contributed by atoms with Crippen LogP contribution in [0.3, 0.4) is 0 Å². The Kier molecular flexibility index (Phi) is 5.71. The molecule has 0 aliphatic carbocycles. The summed E-state index contributed by atoms with van der Waals surface area (Å²) in [5.74, 6) is -1.32. The Morgan fingerprint density at radius 3 is 2.56 bits per heavy atom. The lowest BCUT2D eigenvalue weighted by Crippen LogP contribution is -2.47. The summed E-state index contributed by atoms with van der Waals surface area (Å²) in [4.78, 5) is 48.9. The molecule has 1 saturated heterocycles. The summed E-state index contributed by atoms with van der Waals surface area (Å²) < 4.78 is 4.76. The summed E-state index contributed by atoms with van der Waals surface area (Å²) in [7, 11) is 1.48. The molecule has 134 valence electrons. The zero-order valence-corrected chi connectivity index (χ0v) is 14.0. The SMILES string of the molecule is COCCNC(=O)NC(=O)CN1C(=O)NC(C)(c2ccccc2)C1=O. The number of amides is 6. The molecule has 0 radical (unpaired) electrons. The van der Waals surface area contributed by atoms with E-state index in [-0.39, 0.29) is 6.54 Å². The second-order valence-corrected chi connectivity index (χ2v) is 5.61. The zero-order chi connectivity index (χ0) is 18.4. The third kappa shape index (κ3) is 4.13. The average molecular weight is 348 g/mol. The fourth-order valence-corrected chi connectivity index (χ4v) is 2.43. The molecule has 0 saturated carbocycles. The number of nitrogens with one attached hydrogen (secondary N) is 3. The number of ether oxygens (including phenoxy) is 1. The molecule has 2 rings (SSSR count). The number of imide groups is 2. The van der Waals surface area contributed by atoms with E-state index in [1.807, 2.05) is 0 Å². The fraction of sp³-hybridized carbons (Fsp3) is 0.375. The van der Waals surface area contributed by atoms with Crippen LogP contribution in [0.25, 0.3) is 0 Å². The van der Waals surface area contributed by atoms with Gasteiger partial charge in [-0.15, -0.1) is 0 Å². The standard InChI is InChI=1S/C16H20N4O5/c1-16(11-6-4-3-5-7-11)13(22)20(15(24)19-16)10-12(21)18-14(23)17-8-9-25-2/h3-7H,8-10H2,1-2H3,(H,19,24)(H2,17,18,21,23). The van der Waals surface area contributed by atoms with Gasteiger partial charge in [0, 0.05) is 13.7 Å². The Hall–Kier alpha value is -2.94. The molecule has 1 aliphatic rings. The molecule has 25 heavy (non-hydrogen) atoms. The summed E-state index contributed by atoms with van der Waals surface area (Å²) in [6, 6.07) is 7.31. The van der Waals surface area contributed by atoms with Crippen LogP contribution in [0.5, 0.6) is 0 Å². The van der Waals surface area contributed by atoms with Crippen LogP contribution in [0.15, 0.2) is 30.3 Å². The molecule has 1 atom stereocenters. The van der Waals surface area contributed by atoms with Gasteiger partial charge in [-0.3, -0.25) is 19.8 Å².